The Kier molecular flexibility index (Phi) is 3.90. The van der Waals surface area contributed by atoms with Crippen molar-refractivity contribution in [2.24, 2.45) is 11.8 Å². The highest BCUT2D eigenvalue weighted by molar-refractivity contribution is 7.19. The summed E-state index contributed by atoms with van der Waals surface area (Å²) in [5, 5.41) is 13.6. The SMILES string of the molecule is CC1CCC(Nc2sc(C(=O)C3CC3)c(N)c2C#N)CC1. The van der Waals surface area contributed by atoms with E-state index < -0.39 is 0 Å². The van der Waals surface area contributed by atoms with Crippen molar-refractivity contribution in [1.82, 2.24) is 0 Å². The molecule has 2 fully saturated rings. The Labute approximate surface area is 129 Å². The number of nitrogens with one attached hydrogen (secondary N) is 1. The average Bonchev–Trinajstić information content (AvgIpc) is 3.27. The molecule has 0 radical (unpaired) electrons. The lowest BCUT2D eigenvalue weighted by Gasteiger charge is -2.27. The molecular formula is C16H21N3OS. The standard InChI is InChI=1S/C16H21N3OS/c1-9-2-6-11(7-3-9)19-16-12(8-17)13(18)15(21-16)14(20)10-4-5-10/h9-11,19H,2-7,18H2,1H3. The molecule has 2 saturated carbocycles. The highest BCUT2D eigenvalue weighted by Gasteiger charge is 2.34. The Bertz CT molecular complexity index is 589. The molecule has 21 heavy (non-hydrogen) atoms. The van der Waals surface area contributed by atoms with Gasteiger partial charge in [0.25, 0.3) is 0 Å². The number of rotatable bonds is 4. The largest absolute Gasteiger partial charge is 0.396 e. The number of anilines is 2. The maximum Gasteiger partial charge on any atom is 0.178 e. The van der Waals surface area contributed by atoms with Crippen molar-refractivity contribution in [2.45, 2.75) is 51.5 Å². The van der Waals surface area contributed by atoms with Gasteiger partial charge >= 0.3 is 0 Å². The van der Waals surface area contributed by atoms with Crippen LogP contribution in [0.1, 0.15) is 60.7 Å². The van der Waals surface area contributed by atoms with Gasteiger partial charge in [0.1, 0.15) is 16.6 Å². The fraction of sp³-hybridized carbons (Fsp3) is 0.625. The molecule has 0 aliphatic heterocycles. The Morgan fingerprint density at radius 2 is 1.95 bits per heavy atom. The molecule has 0 spiro atoms. The van der Waals surface area contributed by atoms with Crippen LogP contribution in [-0.4, -0.2) is 11.8 Å². The third kappa shape index (κ3) is 2.91. The molecule has 0 saturated heterocycles. The summed E-state index contributed by atoms with van der Waals surface area (Å²) in [5.41, 5.74) is 6.88. The van der Waals surface area contributed by atoms with Crippen molar-refractivity contribution < 1.29 is 4.79 Å². The highest BCUT2D eigenvalue weighted by atomic mass is 32.1. The van der Waals surface area contributed by atoms with Gasteiger partial charge in [-0.05, 0) is 44.4 Å². The number of hydrogen-bond donors (Lipinski definition) is 2. The van der Waals surface area contributed by atoms with Crippen molar-refractivity contribution in [3.8, 4) is 6.07 Å². The van der Waals surface area contributed by atoms with Gasteiger partial charge in [0.2, 0.25) is 0 Å². The van der Waals surface area contributed by atoms with Crippen LogP contribution in [0.2, 0.25) is 0 Å². The summed E-state index contributed by atoms with van der Waals surface area (Å²) in [6, 6.07) is 2.57. The van der Waals surface area contributed by atoms with Gasteiger partial charge in [-0.1, -0.05) is 6.92 Å². The van der Waals surface area contributed by atoms with Crippen LogP contribution >= 0.6 is 11.3 Å². The zero-order chi connectivity index (χ0) is 15.0. The molecule has 0 aromatic carbocycles. The van der Waals surface area contributed by atoms with E-state index in [-0.39, 0.29) is 11.7 Å². The van der Waals surface area contributed by atoms with Crippen LogP contribution in [0.25, 0.3) is 0 Å². The number of nitriles is 1. The summed E-state index contributed by atoms with van der Waals surface area (Å²) in [6.45, 7) is 2.28. The molecule has 3 N–H and O–H groups in total. The number of hydrogen-bond acceptors (Lipinski definition) is 5. The van der Waals surface area contributed by atoms with E-state index in [1.54, 1.807) is 0 Å². The molecule has 5 heteroatoms. The Balaban J connectivity index is 1.79. The molecule has 0 atom stereocenters. The second-order valence-corrected chi connectivity index (χ2v) is 7.42. The van der Waals surface area contributed by atoms with Crippen LogP contribution in [0.5, 0.6) is 0 Å². The number of thiophene rings is 1. The molecule has 0 amide bonds. The fourth-order valence-corrected chi connectivity index (χ4v) is 4.13. The third-order valence-corrected chi connectivity index (χ3v) is 5.73. The lowest BCUT2D eigenvalue weighted by atomic mass is 9.87. The zero-order valence-corrected chi connectivity index (χ0v) is 13.1. The van der Waals surface area contributed by atoms with E-state index in [9.17, 15) is 10.1 Å². The maximum atomic E-state index is 12.2. The molecule has 2 aliphatic carbocycles. The Morgan fingerprint density at radius 3 is 2.52 bits per heavy atom. The summed E-state index contributed by atoms with van der Waals surface area (Å²) in [6.07, 6.45) is 6.59. The predicted molar refractivity (Wildman–Crippen MR) is 85.5 cm³/mol. The van der Waals surface area contributed by atoms with Crippen molar-refractivity contribution >= 4 is 27.8 Å². The van der Waals surface area contributed by atoms with Crippen molar-refractivity contribution in [1.29, 1.82) is 5.26 Å². The minimum absolute atomic E-state index is 0.124. The summed E-state index contributed by atoms with van der Waals surface area (Å²) >= 11 is 1.37. The van der Waals surface area contributed by atoms with E-state index in [2.05, 4.69) is 18.3 Å². The van der Waals surface area contributed by atoms with Crippen molar-refractivity contribution in [2.75, 3.05) is 11.1 Å². The minimum atomic E-state index is 0.124. The number of carbonyl (C=O) groups is 1. The van der Waals surface area contributed by atoms with Gasteiger partial charge in [-0.3, -0.25) is 4.79 Å². The maximum absolute atomic E-state index is 12.2. The summed E-state index contributed by atoms with van der Waals surface area (Å²) in [7, 11) is 0. The van der Waals surface area contributed by atoms with Gasteiger partial charge in [-0.25, -0.2) is 0 Å². The number of nitrogens with zero attached hydrogens (tertiary/aromatic N) is 1. The number of nitrogens with two attached hydrogens (primary N) is 1. The molecule has 112 valence electrons. The van der Waals surface area contributed by atoms with E-state index in [0.717, 1.165) is 36.6 Å². The van der Waals surface area contributed by atoms with E-state index >= 15 is 0 Å². The summed E-state index contributed by atoms with van der Waals surface area (Å²) < 4.78 is 0. The highest BCUT2D eigenvalue weighted by Crippen LogP contribution is 2.42. The first-order valence-electron chi connectivity index (χ1n) is 7.73. The number of nitrogen functional groups attached to an aromatic ring is 1. The van der Waals surface area contributed by atoms with E-state index in [1.165, 1.54) is 24.2 Å². The molecule has 2 aliphatic rings. The van der Waals surface area contributed by atoms with Crippen molar-refractivity contribution in [3.05, 3.63) is 10.4 Å². The summed E-state index contributed by atoms with van der Waals surface area (Å²) in [4.78, 5) is 12.8. The first-order chi connectivity index (χ1) is 10.1. The summed E-state index contributed by atoms with van der Waals surface area (Å²) in [5.74, 6) is 1.05. The van der Waals surface area contributed by atoms with Gasteiger partial charge in [-0.2, -0.15) is 5.26 Å². The normalized spacial score (nSPS) is 25.3. The molecule has 1 aromatic rings. The van der Waals surface area contributed by atoms with E-state index in [1.807, 2.05) is 0 Å². The van der Waals surface area contributed by atoms with Crippen LogP contribution in [0.4, 0.5) is 10.7 Å². The topological polar surface area (TPSA) is 78.9 Å². The van der Waals surface area contributed by atoms with E-state index in [0.29, 0.717) is 22.2 Å². The fourth-order valence-electron chi connectivity index (χ4n) is 2.96. The van der Waals surface area contributed by atoms with Gasteiger partial charge in [-0.15, -0.1) is 11.3 Å². The molecule has 1 aromatic heterocycles. The molecule has 4 nitrogen and oxygen atoms in total. The number of ketones is 1. The molecule has 3 rings (SSSR count). The third-order valence-electron chi connectivity index (χ3n) is 4.58. The molecule has 0 unspecified atom stereocenters. The van der Waals surface area contributed by atoms with Crippen LogP contribution in [0.15, 0.2) is 0 Å². The number of Topliss-reactive ketones (excluding diaryl/α,β-unsaturated/α-hetero) is 1. The molecule has 1 heterocycles. The first kappa shape index (κ1) is 14.4. The first-order valence-corrected chi connectivity index (χ1v) is 8.55. The lowest BCUT2D eigenvalue weighted by Crippen LogP contribution is -2.25. The lowest BCUT2D eigenvalue weighted by molar-refractivity contribution is 0.0972. The van der Waals surface area contributed by atoms with Gasteiger partial charge in [0.05, 0.1) is 10.6 Å². The monoisotopic (exact) mass is 303 g/mol. The van der Waals surface area contributed by atoms with Gasteiger partial charge < -0.3 is 11.1 Å². The zero-order valence-electron chi connectivity index (χ0n) is 12.3. The molecular weight excluding hydrogens is 282 g/mol. The predicted octanol–water partition coefficient (Wildman–Crippen LogP) is 3.79. The second-order valence-electron chi connectivity index (χ2n) is 6.40. The average molecular weight is 303 g/mol. The van der Waals surface area contributed by atoms with E-state index in [4.69, 9.17) is 5.73 Å². The van der Waals surface area contributed by atoms with Crippen LogP contribution in [0, 0.1) is 23.2 Å². The Morgan fingerprint density at radius 1 is 1.29 bits per heavy atom. The van der Waals surface area contributed by atoms with Gasteiger partial charge in [0, 0.05) is 12.0 Å². The molecule has 0 bridgehead atoms. The van der Waals surface area contributed by atoms with Crippen LogP contribution in [-0.2, 0) is 0 Å². The minimum Gasteiger partial charge on any atom is -0.396 e. The smallest absolute Gasteiger partial charge is 0.178 e. The Hall–Kier alpha value is -1.54. The van der Waals surface area contributed by atoms with Crippen LogP contribution < -0.4 is 11.1 Å². The van der Waals surface area contributed by atoms with Crippen molar-refractivity contribution in [3.63, 3.8) is 0 Å². The second kappa shape index (κ2) is 5.69. The van der Waals surface area contributed by atoms with Crippen LogP contribution in [0.3, 0.4) is 0 Å². The quantitative estimate of drug-likeness (QED) is 0.829. The number of carbonyl (C=O) groups excluding carboxylic acids is 1. The van der Waals surface area contributed by atoms with Gasteiger partial charge in [0.15, 0.2) is 5.78 Å².